The lowest BCUT2D eigenvalue weighted by molar-refractivity contribution is 0.592. The average molecular weight is 235 g/mol. The summed E-state index contributed by atoms with van der Waals surface area (Å²) in [4.78, 5) is 1.41. The van der Waals surface area contributed by atoms with E-state index in [2.05, 4.69) is 20.7 Å². The van der Waals surface area contributed by atoms with E-state index in [1.807, 2.05) is 6.07 Å². The van der Waals surface area contributed by atoms with Crippen LogP contribution in [0, 0.1) is 5.82 Å². The van der Waals surface area contributed by atoms with Crippen LogP contribution in [0.1, 0.15) is 11.4 Å². The van der Waals surface area contributed by atoms with Crippen LogP contribution >= 0.6 is 0 Å². The number of hydrogen-bond acceptors (Lipinski definition) is 4. The van der Waals surface area contributed by atoms with Crippen LogP contribution in [0.15, 0.2) is 24.3 Å². The standard InChI is InChI=1S/C11H14FN5/c1-17-15-11(14-16-17)8-13-7-6-9-4-2-3-5-10(9)12/h2-5,13H,6-8H2,1H3. The third-order valence-corrected chi connectivity index (χ3v) is 2.36. The van der Waals surface area contributed by atoms with E-state index in [1.165, 1.54) is 10.9 Å². The van der Waals surface area contributed by atoms with Gasteiger partial charge in [-0.15, -0.1) is 10.2 Å². The Kier molecular flexibility index (Phi) is 3.77. The summed E-state index contributed by atoms with van der Waals surface area (Å²) >= 11 is 0. The van der Waals surface area contributed by atoms with Crippen molar-refractivity contribution in [1.82, 2.24) is 25.5 Å². The first kappa shape index (κ1) is 11.7. The zero-order valence-electron chi connectivity index (χ0n) is 9.60. The van der Waals surface area contributed by atoms with Crippen molar-refractivity contribution < 1.29 is 4.39 Å². The molecule has 0 amide bonds. The molecule has 0 bridgehead atoms. The van der Waals surface area contributed by atoms with Gasteiger partial charge in [0.15, 0.2) is 5.82 Å². The molecule has 0 saturated carbocycles. The van der Waals surface area contributed by atoms with E-state index in [0.717, 1.165) is 0 Å². The van der Waals surface area contributed by atoms with E-state index in [1.54, 1.807) is 19.2 Å². The second-order valence-electron chi connectivity index (χ2n) is 3.71. The molecule has 0 fully saturated rings. The molecular weight excluding hydrogens is 221 g/mol. The molecule has 0 atom stereocenters. The highest BCUT2D eigenvalue weighted by molar-refractivity contribution is 5.17. The highest BCUT2D eigenvalue weighted by atomic mass is 19.1. The quantitative estimate of drug-likeness (QED) is 0.774. The van der Waals surface area contributed by atoms with Gasteiger partial charge in [-0.2, -0.15) is 4.80 Å². The summed E-state index contributed by atoms with van der Waals surface area (Å²) in [6.07, 6.45) is 0.646. The summed E-state index contributed by atoms with van der Waals surface area (Å²) in [5.74, 6) is 0.480. The number of halogens is 1. The molecule has 0 aliphatic rings. The van der Waals surface area contributed by atoms with Gasteiger partial charge in [0.05, 0.1) is 13.6 Å². The lowest BCUT2D eigenvalue weighted by Gasteiger charge is -2.03. The van der Waals surface area contributed by atoms with Crippen molar-refractivity contribution in [1.29, 1.82) is 0 Å². The minimum atomic E-state index is -0.160. The van der Waals surface area contributed by atoms with Gasteiger partial charge in [0, 0.05) is 0 Å². The predicted octanol–water partition coefficient (Wildman–Crippen LogP) is 0.681. The fourth-order valence-electron chi connectivity index (χ4n) is 1.52. The van der Waals surface area contributed by atoms with Crippen LogP contribution < -0.4 is 5.32 Å². The summed E-state index contributed by atoms with van der Waals surface area (Å²) in [7, 11) is 1.72. The van der Waals surface area contributed by atoms with E-state index in [0.29, 0.717) is 30.9 Å². The Labute approximate surface area is 98.6 Å². The molecule has 0 aliphatic carbocycles. The number of aryl methyl sites for hydroxylation is 1. The first-order valence-corrected chi connectivity index (χ1v) is 5.42. The Balaban J connectivity index is 1.75. The van der Waals surface area contributed by atoms with E-state index in [9.17, 15) is 4.39 Å². The van der Waals surface area contributed by atoms with Gasteiger partial charge in [-0.1, -0.05) is 18.2 Å². The largest absolute Gasteiger partial charge is 0.309 e. The Morgan fingerprint density at radius 3 is 2.88 bits per heavy atom. The topological polar surface area (TPSA) is 55.6 Å². The molecule has 0 spiro atoms. The lowest BCUT2D eigenvalue weighted by Crippen LogP contribution is -2.18. The van der Waals surface area contributed by atoms with Gasteiger partial charge < -0.3 is 5.32 Å². The SMILES string of the molecule is Cn1nnc(CNCCc2ccccc2F)n1. The summed E-state index contributed by atoms with van der Waals surface area (Å²) in [6, 6.07) is 6.79. The Morgan fingerprint density at radius 2 is 2.18 bits per heavy atom. The first-order valence-electron chi connectivity index (χ1n) is 5.42. The zero-order valence-corrected chi connectivity index (χ0v) is 9.60. The molecule has 0 radical (unpaired) electrons. The highest BCUT2D eigenvalue weighted by Crippen LogP contribution is 2.06. The van der Waals surface area contributed by atoms with Crippen molar-refractivity contribution in [3.8, 4) is 0 Å². The van der Waals surface area contributed by atoms with Gasteiger partial charge in [0.25, 0.3) is 0 Å². The fraction of sp³-hybridized carbons (Fsp3) is 0.364. The van der Waals surface area contributed by atoms with Crippen molar-refractivity contribution >= 4 is 0 Å². The molecule has 2 aromatic rings. The zero-order chi connectivity index (χ0) is 12.1. The lowest BCUT2D eigenvalue weighted by atomic mass is 10.1. The summed E-state index contributed by atoms with van der Waals surface area (Å²) < 4.78 is 13.3. The number of benzene rings is 1. The molecule has 0 saturated heterocycles. The van der Waals surface area contributed by atoms with Gasteiger partial charge in [-0.3, -0.25) is 0 Å². The van der Waals surface area contributed by atoms with Crippen LogP contribution in [0.25, 0.3) is 0 Å². The second kappa shape index (κ2) is 5.49. The van der Waals surface area contributed by atoms with Crippen molar-refractivity contribution in [2.45, 2.75) is 13.0 Å². The van der Waals surface area contributed by atoms with Crippen molar-refractivity contribution in [2.24, 2.45) is 7.05 Å². The number of aromatic nitrogens is 4. The van der Waals surface area contributed by atoms with Gasteiger partial charge in [0.1, 0.15) is 5.82 Å². The molecule has 0 unspecified atom stereocenters. The van der Waals surface area contributed by atoms with Crippen LogP contribution in [0.3, 0.4) is 0 Å². The number of nitrogens with one attached hydrogen (secondary N) is 1. The first-order chi connectivity index (χ1) is 8.25. The summed E-state index contributed by atoms with van der Waals surface area (Å²) in [5, 5.41) is 14.7. The van der Waals surface area contributed by atoms with E-state index < -0.39 is 0 Å². The van der Waals surface area contributed by atoms with E-state index in [4.69, 9.17) is 0 Å². The molecule has 0 aliphatic heterocycles. The molecule has 17 heavy (non-hydrogen) atoms. The molecule has 90 valence electrons. The highest BCUT2D eigenvalue weighted by Gasteiger charge is 2.01. The fourth-order valence-corrected chi connectivity index (χ4v) is 1.52. The maximum Gasteiger partial charge on any atom is 0.188 e. The van der Waals surface area contributed by atoms with Crippen LogP contribution in [0.2, 0.25) is 0 Å². The smallest absolute Gasteiger partial charge is 0.188 e. The minimum absolute atomic E-state index is 0.160. The summed E-state index contributed by atoms with van der Waals surface area (Å²) in [6.45, 7) is 1.22. The van der Waals surface area contributed by atoms with Gasteiger partial charge in [-0.05, 0) is 29.8 Å². The number of tetrazole rings is 1. The molecule has 1 aromatic carbocycles. The molecule has 1 heterocycles. The Morgan fingerprint density at radius 1 is 1.35 bits per heavy atom. The van der Waals surface area contributed by atoms with Crippen molar-refractivity contribution in [2.75, 3.05) is 6.54 Å². The molecule has 6 heteroatoms. The average Bonchev–Trinajstić information content (AvgIpc) is 2.73. The van der Waals surface area contributed by atoms with Gasteiger partial charge in [0.2, 0.25) is 0 Å². The molecular formula is C11H14FN5. The van der Waals surface area contributed by atoms with E-state index in [-0.39, 0.29) is 5.82 Å². The maximum atomic E-state index is 13.3. The van der Waals surface area contributed by atoms with Gasteiger partial charge >= 0.3 is 0 Å². The summed E-state index contributed by atoms with van der Waals surface area (Å²) in [5.41, 5.74) is 0.715. The third-order valence-electron chi connectivity index (χ3n) is 2.36. The Hall–Kier alpha value is -1.82. The normalized spacial score (nSPS) is 10.7. The maximum absolute atomic E-state index is 13.3. The Bertz CT molecular complexity index is 482. The van der Waals surface area contributed by atoms with E-state index >= 15 is 0 Å². The van der Waals surface area contributed by atoms with Crippen molar-refractivity contribution in [3.63, 3.8) is 0 Å². The monoisotopic (exact) mass is 235 g/mol. The third kappa shape index (κ3) is 3.32. The molecule has 1 N–H and O–H groups in total. The second-order valence-corrected chi connectivity index (χ2v) is 3.71. The number of rotatable bonds is 5. The van der Waals surface area contributed by atoms with Crippen LogP contribution in [0.5, 0.6) is 0 Å². The predicted molar refractivity (Wildman–Crippen MR) is 60.6 cm³/mol. The van der Waals surface area contributed by atoms with Crippen molar-refractivity contribution in [3.05, 3.63) is 41.5 Å². The van der Waals surface area contributed by atoms with Crippen LogP contribution in [-0.2, 0) is 20.0 Å². The minimum Gasteiger partial charge on any atom is -0.309 e. The van der Waals surface area contributed by atoms with Gasteiger partial charge in [-0.25, -0.2) is 4.39 Å². The van der Waals surface area contributed by atoms with Crippen LogP contribution in [-0.4, -0.2) is 26.8 Å². The number of nitrogens with zero attached hydrogens (tertiary/aromatic N) is 4. The molecule has 5 nitrogen and oxygen atoms in total. The number of hydrogen-bond donors (Lipinski definition) is 1. The van der Waals surface area contributed by atoms with Crippen LogP contribution in [0.4, 0.5) is 4.39 Å². The molecule has 2 rings (SSSR count). The molecule has 1 aromatic heterocycles.